The third-order valence-corrected chi connectivity index (χ3v) is 3.38. The Morgan fingerprint density at radius 2 is 1.81 bits per heavy atom. The molecule has 0 spiro atoms. The van der Waals surface area contributed by atoms with Crippen LogP contribution in [0.4, 0.5) is 4.39 Å². The number of carbonyl (C=O) groups excluding carboxylic acids is 1. The van der Waals surface area contributed by atoms with Crippen molar-refractivity contribution < 1.29 is 9.18 Å². The first-order valence-corrected chi connectivity index (χ1v) is 6.52. The van der Waals surface area contributed by atoms with Crippen LogP contribution in [0.2, 0.25) is 0 Å². The number of primary amides is 1. The summed E-state index contributed by atoms with van der Waals surface area (Å²) in [7, 11) is 0. The van der Waals surface area contributed by atoms with Crippen molar-refractivity contribution in [2.45, 2.75) is 6.92 Å². The lowest BCUT2D eigenvalue weighted by Crippen LogP contribution is -2.10. The molecule has 21 heavy (non-hydrogen) atoms. The van der Waals surface area contributed by atoms with E-state index in [1.807, 2.05) is 13.0 Å². The van der Waals surface area contributed by atoms with Crippen LogP contribution in [0.3, 0.4) is 0 Å². The normalized spacial score (nSPS) is 10.8. The largest absolute Gasteiger partial charge is 0.366 e. The minimum atomic E-state index is -0.469. The summed E-state index contributed by atoms with van der Waals surface area (Å²) in [6.07, 6.45) is 0. The van der Waals surface area contributed by atoms with Gasteiger partial charge in [0.1, 0.15) is 5.82 Å². The van der Waals surface area contributed by atoms with Gasteiger partial charge >= 0.3 is 0 Å². The lowest BCUT2D eigenvalue weighted by molar-refractivity contribution is 0.100. The molecule has 0 bridgehead atoms. The molecule has 0 saturated carbocycles. The van der Waals surface area contributed by atoms with Gasteiger partial charge < -0.3 is 5.73 Å². The number of fused-ring (bicyclic) bond motifs is 1. The van der Waals surface area contributed by atoms with E-state index in [4.69, 9.17) is 5.73 Å². The topological polar surface area (TPSA) is 56.0 Å². The molecule has 0 aliphatic carbocycles. The van der Waals surface area contributed by atoms with E-state index in [-0.39, 0.29) is 5.82 Å². The summed E-state index contributed by atoms with van der Waals surface area (Å²) >= 11 is 0. The summed E-state index contributed by atoms with van der Waals surface area (Å²) in [5.74, 6) is -0.772. The van der Waals surface area contributed by atoms with E-state index >= 15 is 0 Å². The van der Waals surface area contributed by atoms with Gasteiger partial charge in [-0.05, 0) is 54.4 Å². The van der Waals surface area contributed by atoms with Crippen molar-refractivity contribution >= 4 is 16.8 Å². The van der Waals surface area contributed by atoms with E-state index in [0.29, 0.717) is 5.56 Å². The molecule has 3 rings (SSSR count). The number of hydrogen-bond donors (Lipinski definition) is 1. The van der Waals surface area contributed by atoms with Gasteiger partial charge in [0.15, 0.2) is 0 Å². The van der Waals surface area contributed by atoms with Crippen LogP contribution in [0.1, 0.15) is 16.1 Å². The summed E-state index contributed by atoms with van der Waals surface area (Å²) in [5.41, 5.74) is 9.05. The Morgan fingerprint density at radius 1 is 1.10 bits per heavy atom. The molecule has 2 aromatic carbocycles. The van der Waals surface area contributed by atoms with Crippen LogP contribution >= 0.6 is 0 Å². The van der Waals surface area contributed by atoms with Crippen molar-refractivity contribution in [3.63, 3.8) is 0 Å². The molecule has 0 aliphatic heterocycles. The zero-order chi connectivity index (χ0) is 15.0. The van der Waals surface area contributed by atoms with Gasteiger partial charge in [0.25, 0.3) is 0 Å². The van der Waals surface area contributed by atoms with Gasteiger partial charge in [0.05, 0.1) is 5.52 Å². The number of aromatic nitrogens is 1. The predicted octanol–water partition coefficient (Wildman–Crippen LogP) is 3.45. The van der Waals surface area contributed by atoms with E-state index in [1.165, 1.54) is 12.1 Å². The van der Waals surface area contributed by atoms with Crippen molar-refractivity contribution in [2.75, 3.05) is 0 Å². The van der Waals surface area contributed by atoms with Crippen LogP contribution in [-0.2, 0) is 0 Å². The average Bonchev–Trinajstić information content (AvgIpc) is 2.47. The fourth-order valence-corrected chi connectivity index (χ4v) is 2.38. The maximum absolute atomic E-state index is 13.5. The zero-order valence-corrected chi connectivity index (χ0v) is 11.4. The van der Waals surface area contributed by atoms with Crippen LogP contribution in [0.25, 0.3) is 22.0 Å². The van der Waals surface area contributed by atoms with Crippen LogP contribution in [0.15, 0.2) is 48.5 Å². The molecule has 0 atom stereocenters. The van der Waals surface area contributed by atoms with Gasteiger partial charge in [-0.15, -0.1) is 0 Å². The lowest BCUT2D eigenvalue weighted by Gasteiger charge is -2.09. The Kier molecular flexibility index (Phi) is 3.14. The van der Waals surface area contributed by atoms with Gasteiger partial charge in [0, 0.05) is 16.6 Å². The number of hydrogen-bond acceptors (Lipinski definition) is 2. The lowest BCUT2D eigenvalue weighted by atomic mass is 9.99. The van der Waals surface area contributed by atoms with Crippen LogP contribution in [0, 0.1) is 12.7 Å². The second kappa shape index (κ2) is 4.98. The highest BCUT2D eigenvalue weighted by atomic mass is 19.1. The highest BCUT2D eigenvalue weighted by Crippen LogP contribution is 2.29. The first-order chi connectivity index (χ1) is 10.0. The third-order valence-electron chi connectivity index (χ3n) is 3.38. The molecule has 1 aromatic heterocycles. The molecule has 1 heterocycles. The molecule has 3 aromatic rings. The Labute approximate surface area is 121 Å². The first-order valence-electron chi connectivity index (χ1n) is 6.52. The monoisotopic (exact) mass is 280 g/mol. The van der Waals surface area contributed by atoms with Crippen molar-refractivity contribution in [1.29, 1.82) is 0 Å². The molecule has 0 fully saturated rings. The van der Waals surface area contributed by atoms with Crippen LogP contribution in [0.5, 0.6) is 0 Å². The number of benzene rings is 2. The van der Waals surface area contributed by atoms with Crippen molar-refractivity contribution in [1.82, 2.24) is 4.98 Å². The molecule has 4 heteroatoms. The smallest absolute Gasteiger partial charge is 0.248 e. The summed E-state index contributed by atoms with van der Waals surface area (Å²) in [6, 6.07) is 13.4. The summed E-state index contributed by atoms with van der Waals surface area (Å²) in [5, 5.41) is 0.743. The fourth-order valence-electron chi connectivity index (χ4n) is 2.38. The second-order valence-electron chi connectivity index (χ2n) is 4.91. The molecule has 0 saturated heterocycles. The fraction of sp³-hybridized carbons (Fsp3) is 0.0588. The van der Waals surface area contributed by atoms with Crippen molar-refractivity contribution in [3.05, 3.63) is 65.6 Å². The minimum Gasteiger partial charge on any atom is -0.366 e. The molecular weight excluding hydrogens is 267 g/mol. The number of halogens is 1. The van der Waals surface area contributed by atoms with Gasteiger partial charge in [0.2, 0.25) is 5.91 Å². The molecule has 0 unspecified atom stereocenters. The Hall–Kier alpha value is -2.75. The maximum atomic E-state index is 13.5. The van der Waals surface area contributed by atoms with E-state index in [2.05, 4.69) is 4.98 Å². The minimum absolute atomic E-state index is 0.303. The molecule has 3 nitrogen and oxygen atoms in total. The van der Waals surface area contributed by atoms with Crippen molar-refractivity contribution in [2.24, 2.45) is 5.73 Å². The predicted molar refractivity (Wildman–Crippen MR) is 80.4 cm³/mol. The van der Waals surface area contributed by atoms with Gasteiger partial charge in [-0.25, -0.2) is 4.39 Å². The van der Waals surface area contributed by atoms with E-state index in [9.17, 15) is 9.18 Å². The van der Waals surface area contributed by atoms with Crippen molar-refractivity contribution in [3.8, 4) is 11.1 Å². The number of amides is 1. The number of nitrogens with two attached hydrogens (primary N) is 1. The quantitative estimate of drug-likeness (QED) is 0.781. The molecule has 1 amide bonds. The van der Waals surface area contributed by atoms with Gasteiger partial charge in [-0.2, -0.15) is 0 Å². The van der Waals surface area contributed by atoms with Gasteiger partial charge in [-0.1, -0.05) is 12.1 Å². The number of aryl methyl sites for hydroxylation is 1. The highest BCUT2D eigenvalue weighted by Gasteiger charge is 2.08. The zero-order valence-electron chi connectivity index (χ0n) is 11.4. The number of rotatable bonds is 2. The van der Waals surface area contributed by atoms with Crippen LogP contribution < -0.4 is 5.73 Å². The molecular formula is C17H13FN2O. The van der Waals surface area contributed by atoms with E-state index < -0.39 is 5.91 Å². The molecule has 2 N–H and O–H groups in total. The Morgan fingerprint density at radius 3 is 2.48 bits per heavy atom. The molecule has 0 radical (unpaired) electrons. The highest BCUT2D eigenvalue weighted by molar-refractivity contribution is 5.96. The number of pyridine rings is 1. The van der Waals surface area contributed by atoms with E-state index in [1.54, 1.807) is 30.3 Å². The SMILES string of the molecule is Cc1cc(-c2ccc(C(N)=O)cc2)c2cc(F)ccc2n1. The molecule has 104 valence electrons. The van der Waals surface area contributed by atoms with Crippen LogP contribution in [-0.4, -0.2) is 10.9 Å². The Bertz CT molecular complexity index is 841. The maximum Gasteiger partial charge on any atom is 0.248 e. The Balaban J connectivity index is 2.23. The first kappa shape index (κ1) is 13.2. The number of carbonyl (C=O) groups is 1. The second-order valence-corrected chi connectivity index (χ2v) is 4.91. The van der Waals surface area contributed by atoms with Gasteiger partial charge in [-0.3, -0.25) is 9.78 Å². The third kappa shape index (κ3) is 2.48. The summed E-state index contributed by atoms with van der Waals surface area (Å²) in [4.78, 5) is 15.5. The summed E-state index contributed by atoms with van der Waals surface area (Å²) < 4.78 is 13.5. The molecule has 0 aliphatic rings. The average molecular weight is 280 g/mol. The standard InChI is InChI=1S/C17H13FN2O/c1-10-8-14(11-2-4-12(5-3-11)17(19)21)15-9-13(18)6-7-16(15)20-10/h2-9H,1H3,(H2,19,21). The summed E-state index contributed by atoms with van der Waals surface area (Å²) in [6.45, 7) is 1.89. The van der Waals surface area contributed by atoms with E-state index in [0.717, 1.165) is 27.7 Å². The number of nitrogens with zero attached hydrogens (tertiary/aromatic N) is 1.